The zero-order valence-corrected chi connectivity index (χ0v) is 17.9. The molecule has 2 saturated carbocycles. The van der Waals surface area contributed by atoms with Crippen molar-refractivity contribution in [3.63, 3.8) is 0 Å². The minimum atomic E-state index is 0.250. The summed E-state index contributed by atoms with van der Waals surface area (Å²) in [6.45, 7) is 2.47. The van der Waals surface area contributed by atoms with Crippen molar-refractivity contribution in [2.45, 2.75) is 63.9 Å². The van der Waals surface area contributed by atoms with Crippen molar-refractivity contribution in [1.82, 2.24) is 0 Å². The molecule has 2 nitrogen and oxygen atoms in total. The molecule has 1 aliphatic heterocycles. The fourth-order valence-corrected chi connectivity index (χ4v) is 8.20. The minimum absolute atomic E-state index is 0.250. The molecule has 0 amide bonds. The lowest BCUT2D eigenvalue weighted by molar-refractivity contribution is -0.0455. The molecular formula is C25H34O2S. The molecule has 0 radical (unpaired) electrons. The zero-order valence-electron chi connectivity index (χ0n) is 17.1. The van der Waals surface area contributed by atoms with Crippen molar-refractivity contribution < 1.29 is 9.47 Å². The van der Waals surface area contributed by atoms with Gasteiger partial charge in [-0.05, 0) is 75.4 Å². The van der Waals surface area contributed by atoms with E-state index in [2.05, 4.69) is 18.1 Å². The van der Waals surface area contributed by atoms with E-state index in [4.69, 9.17) is 15.9 Å². The molecular weight excluding hydrogens is 364 g/mol. The van der Waals surface area contributed by atoms with Crippen LogP contribution in [0.3, 0.4) is 0 Å². The molecule has 1 unspecified atom stereocenters. The van der Waals surface area contributed by atoms with Crippen LogP contribution in [0, 0.1) is 35.0 Å². The van der Waals surface area contributed by atoms with Crippen molar-refractivity contribution in [3.05, 3.63) is 23.3 Å². The number of hydrogen-bond donors (Lipinski definition) is 0. The van der Waals surface area contributed by atoms with Crippen molar-refractivity contribution in [1.29, 1.82) is 0 Å². The van der Waals surface area contributed by atoms with Crippen LogP contribution in [0.5, 0.6) is 0 Å². The number of ether oxygens (including phenoxy) is 2. The fourth-order valence-electron chi connectivity index (χ4n) is 7.45. The number of thioether (sulfide) groups is 1. The Labute approximate surface area is 174 Å². The molecule has 0 aromatic heterocycles. The van der Waals surface area contributed by atoms with Crippen molar-refractivity contribution >= 4 is 11.8 Å². The van der Waals surface area contributed by atoms with Gasteiger partial charge in [-0.25, -0.2) is 0 Å². The Morgan fingerprint density at radius 2 is 2.18 bits per heavy atom. The molecule has 0 N–H and O–H groups in total. The first-order valence-electron chi connectivity index (χ1n) is 11.4. The Kier molecular flexibility index (Phi) is 5.41. The fraction of sp³-hybridized carbons (Fsp3) is 0.760. The van der Waals surface area contributed by atoms with Gasteiger partial charge in [-0.3, -0.25) is 0 Å². The van der Waals surface area contributed by atoms with E-state index in [0.29, 0.717) is 11.5 Å². The van der Waals surface area contributed by atoms with Crippen molar-refractivity contribution in [2.24, 2.45) is 22.7 Å². The Hall–Kier alpha value is -0.690. The van der Waals surface area contributed by atoms with E-state index >= 15 is 0 Å². The van der Waals surface area contributed by atoms with Crippen LogP contribution in [0.15, 0.2) is 23.3 Å². The minimum Gasteiger partial charge on any atom is -0.378 e. The third kappa shape index (κ3) is 2.94. The predicted molar refractivity (Wildman–Crippen MR) is 116 cm³/mol. The topological polar surface area (TPSA) is 18.5 Å². The summed E-state index contributed by atoms with van der Waals surface area (Å²) in [5.74, 6) is 6.35. The number of rotatable bonds is 4. The molecule has 3 fully saturated rings. The number of terminal acetylenes is 1. The third-order valence-electron chi connectivity index (χ3n) is 8.57. The number of hydrogen-bond acceptors (Lipinski definition) is 3. The van der Waals surface area contributed by atoms with E-state index in [-0.39, 0.29) is 5.41 Å². The third-order valence-corrected chi connectivity index (χ3v) is 9.44. The van der Waals surface area contributed by atoms with E-state index in [1.54, 1.807) is 5.57 Å². The summed E-state index contributed by atoms with van der Waals surface area (Å²) in [5.41, 5.74) is 4.17. The molecule has 5 atom stereocenters. The van der Waals surface area contributed by atoms with E-state index in [0.717, 1.165) is 37.4 Å². The molecule has 3 heteroatoms. The average molecular weight is 399 g/mol. The standard InChI is InChI=1S/C25H34O2S/c1-2-16-28-17-13-24-11-4-3-5-19(24)6-7-20-21-8-9-23-25(21,12-10-22(20)24)18-26-14-15-27-23/h1,5,10,20-21,23H,3-4,6-9,11-18H2/t20-,21-,23?,24+,25+/m0/s1. The lowest BCUT2D eigenvalue weighted by atomic mass is 9.50. The van der Waals surface area contributed by atoms with Gasteiger partial charge in [-0.1, -0.05) is 29.2 Å². The molecule has 152 valence electrons. The van der Waals surface area contributed by atoms with Crippen LogP contribution in [0.2, 0.25) is 0 Å². The van der Waals surface area contributed by atoms with Gasteiger partial charge in [-0.2, -0.15) is 0 Å². The van der Waals surface area contributed by atoms with Crippen LogP contribution in [0.1, 0.15) is 57.8 Å². The normalized spacial score (nSPS) is 42.0. The first kappa shape index (κ1) is 19.3. The summed E-state index contributed by atoms with van der Waals surface area (Å²) in [7, 11) is 0. The number of fused-ring (bicyclic) bond motifs is 4. The SMILES string of the molecule is C#CCSCC[C@]12CCCC=C1CC[C@@H]1C2=CC[C@]23COCCOC2CC[C@@H]13. The Morgan fingerprint density at radius 3 is 3.11 bits per heavy atom. The lowest BCUT2D eigenvalue weighted by Crippen LogP contribution is -2.49. The highest BCUT2D eigenvalue weighted by molar-refractivity contribution is 7.99. The van der Waals surface area contributed by atoms with Crippen molar-refractivity contribution in [3.8, 4) is 12.3 Å². The molecule has 1 spiro atoms. The molecule has 0 aromatic rings. The van der Waals surface area contributed by atoms with Crippen LogP contribution >= 0.6 is 11.8 Å². The summed E-state index contributed by atoms with van der Waals surface area (Å²) >= 11 is 1.95. The molecule has 0 bridgehead atoms. The maximum atomic E-state index is 6.30. The molecule has 1 saturated heterocycles. The molecule has 1 heterocycles. The van der Waals surface area contributed by atoms with Crippen LogP contribution in [-0.4, -0.2) is 37.4 Å². The van der Waals surface area contributed by atoms with E-state index < -0.39 is 0 Å². The molecule has 5 rings (SSSR count). The van der Waals surface area contributed by atoms with Crippen LogP contribution in [-0.2, 0) is 9.47 Å². The second kappa shape index (κ2) is 7.86. The van der Waals surface area contributed by atoms with Gasteiger partial charge in [-0.15, -0.1) is 18.2 Å². The summed E-state index contributed by atoms with van der Waals surface area (Å²) in [4.78, 5) is 0. The molecule has 0 aromatic carbocycles. The first-order chi connectivity index (χ1) is 13.8. The highest BCUT2D eigenvalue weighted by Gasteiger charge is 2.59. The summed E-state index contributed by atoms with van der Waals surface area (Å²) in [6.07, 6.45) is 22.9. The van der Waals surface area contributed by atoms with Crippen LogP contribution in [0.4, 0.5) is 0 Å². The largest absolute Gasteiger partial charge is 0.378 e. The Bertz CT molecular complexity index is 704. The second-order valence-electron chi connectivity index (χ2n) is 9.55. The average Bonchev–Trinajstić information content (AvgIpc) is 2.98. The number of allylic oxidation sites excluding steroid dienone is 4. The molecule has 4 aliphatic carbocycles. The van der Waals surface area contributed by atoms with Gasteiger partial charge in [0.25, 0.3) is 0 Å². The first-order valence-corrected chi connectivity index (χ1v) is 12.6. The highest BCUT2D eigenvalue weighted by Crippen LogP contribution is 2.65. The van der Waals surface area contributed by atoms with Crippen LogP contribution < -0.4 is 0 Å². The van der Waals surface area contributed by atoms with Gasteiger partial charge >= 0.3 is 0 Å². The van der Waals surface area contributed by atoms with Gasteiger partial charge in [0.05, 0.1) is 31.7 Å². The Balaban J connectivity index is 1.48. The zero-order chi connectivity index (χ0) is 19.0. The van der Waals surface area contributed by atoms with Crippen molar-refractivity contribution in [2.75, 3.05) is 31.3 Å². The maximum absolute atomic E-state index is 6.30. The summed E-state index contributed by atoms with van der Waals surface area (Å²) in [5, 5.41) is 0. The Morgan fingerprint density at radius 1 is 1.21 bits per heavy atom. The van der Waals surface area contributed by atoms with Gasteiger partial charge in [0.2, 0.25) is 0 Å². The molecule has 5 aliphatic rings. The monoisotopic (exact) mass is 398 g/mol. The second-order valence-corrected chi connectivity index (χ2v) is 10.7. The summed E-state index contributed by atoms with van der Waals surface area (Å²) < 4.78 is 12.4. The lowest BCUT2D eigenvalue weighted by Gasteiger charge is -2.55. The molecule has 28 heavy (non-hydrogen) atoms. The van der Waals surface area contributed by atoms with Crippen LogP contribution in [0.25, 0.3) is 0 Å². The van der Waals surface area contributed by atoms with Gasteiger partial charge in [0.15, 0.2) is 0 Å². The van der Waals surface area contributed by atoms with Gasteiger partial charge < -0.3 is 9.47 Å². The van der Waals surface area contributed by atoms with Gasteiger partial charge in [0, 0.05) is 10.8 Å². The quantitative estimate of drug-likeness (QED) is 0.359. The maximum Gasteiger partial charge on any atom is 0.0704 e. The van der Waals surface area contributed by atoms with E-state index in [1.807, 2.05) is 17.3 Å². The predicted octanol–water partition coefficient (Wildman–Crippen LogP) is 5.39. The highest BCUT2D eigenvalue weighted by atomic mass is 32.2. The van der Waals surface area contributed by atoms with E-state index in [9.17, 15) is 0 Å². The van der Waals surface area contributed by atoms with E-state index in [1.165, 1.54) is 63.5 Å². The van der Waals surface area contributed by atoms with Gasteiger partial charge in [0.1, 0.15) is 0 Å². The smallest absolute Gasteiger partial charge is 0.0704 e. The summed E-state index contributed by atoms with van der Waals surface area (Å²) in [6, 6.07) is 0.